The van der Waals surface area contributed by atoms with Gasteiger partial charge in [0.2, 0.25) is 0 Å². The van der Waals surface area contributed by atoms with Gasteiger partial charge in [0.1, 0.15) is 11.6 Å². The highest BCUT2D eigenvalue weighted by Crippen LogP contribution is 2.22. The van der Waals surface area contributed by atoms with Crippen molar-refractivity contribution < 1.29 is 4.39 Å². The topological polar surface area (TPSA) is 17.8 Å². The molecule has 0 radical (unpaired) electrons. The Bertz CT molecular complexity index is 785. The average Bonchev–Trinajstić information content (AvgIpc) is 2.82. The second-order valence-electron chi connectivity index (χ2n) is 4.83. The Morgan fingerprint density at radius 3 is 2.81 bits per heavy atom. The highest BCUT2D eigenvalue weighted by Gasteiger charge is 2.10. The van der Waals surface area contributed by atoms with Crippen LogP contribution in [0.1, 0.15) is 11.4 Å². The SMILES string of the molecule is Fc1cccc(CCn2c(CCl)nc3cc(Br)ccc32)c1. The second kappa shape index (κ2) is 6.16. The molecule has 1 heterocycles. The standard InChI is InChI=1S/C16H13BrClFN2/c17-12-4-5-15-14(9-12)20-16(10-18)21(15)7-6-11-2-1-3-13(19)8-11/h1-5,8-9H,6-7,10H2. The fourth-order valence-corrected chi connectivity index (χ4v) is 2.99. The molecule has 0 unspecified atom stereocenters. The molecule has 2 nitrogen and oxygen atoms in total. The largest absolute Gasteiger partial charge is 0.327 e. The first kappa shape index (κ1) is 14.5. The number of alkyl halides is 1. The molecule has 0 aliphatic rings. The number of rotatable bonds is 4. The Balaban J connectivity index is 1.92. The molecule has 0 saturated carbocycles. The number of fused-ring (bicyclic) bond motifs is 1. The van der Waals surface area contributed by atoms with Crippen LogP contribution in [0.4, 0.5) is 4.39 Å². The Hall–Kier alpha value is -1.39. The van der Waals surface area contributed by atoms with E-state index in [0.29, 0.717) is 5.88 Å². The van der Waals surface area contributed by atoms with Crippen molar-refractivity contribution in [2.75, 3.05) is 0 Å². The lowest BCUT2D eigenvalue weighted by molar-refractivity contribution is 0.621. The molecule has 21 heavy (non-hydrogen) atoms. The minimum absolute atomic E-state index is 0.204. The Labute approximate surface area is 135 Å². The third kappa shape index (κ3) is 3.11. The van der Waals surface area contributed by atoms with E-state index in [1.165, 1.54) is 6.07 Å². The van der Waals surface area contributed by atoms with E-state index in [4.69, 9.17) is 11.6 Å². The smallest absolute Gasteiger partial charge is 0.124 e. The third-order valence-electron chi connectivity index (χ3n) is 3.42. The van der Waals surface area contributed by atoms with Crippen LogP contribution in [0.5, 0.6) is 0 Å². The summed E-state index contributed by atoms with van der Waals surface area (Å²) in [5.41, 5.74) is 2.93. The summed E-state index contributed by atoms with van der Waals surface area (Å²) >= 11 is 9.44. The first-order chi connectivity index (χ1) is 10.2. The molecule has 0 aliphatic carbocycles. The maximum Gasteiger partial charge on any atom is 0.124 e. The van der Waals surface area contributed by atoms with Crippen LogP contribution in [0, 0.1) is 5.82 Å². The summed E-state index contributed by atoms with van der Waals surface area (Å²) in [6.07, 6.45) is 0.739. The van der Waals surface area contributed by atoms with Gasteiger partial charge < -0.3 is 4.57 Å². The van der Waals surface area contributed by atoms with E-state index >= 15 is 0 Å². The first-order valence-electron chi connectivity index (χ1n) is 6.62. The normalized spacial score (nSPS) is 11.2. The zero-order chi connectivity index (χ0) is 14.8. The van der Waals surface area contributed by atoms with E-state index in [-0.39, 0.29) is 5.82 Å². The molecular formula is C16H13BrClFN2. The molecular weight excluding hydrogens is 355 g/mol. The minimum atomic E-state index is -0.204. The molecule has 3 rings (SSSR count). The molecule has 0 amide bonds. The van der Waals surface area contributed by atoms with Gasteiger partial charge in [-0.15, -0.1) is 11.6 Å². The van der Waals surface area contributed by atoms with Gasteiger partial charge in [-0.1, -0.05) is 28.1 Å². The average molecular weight is 368 g/mol. The zero-order valence-electron chi connectivity index (χ0n) is 11.2. The van der Waals surface area contributed by atoms with E-state index in [2.05, 4.69) is 25.5 Å². The molecule has 0 saturated heterocycles. The number of benzene rings is 2. The van der Waals surface area contributed by atoms with E-state index in [0.717, 1.165) is 39.9 Å². The van der Waals surface area contributed by atoms with Crippen molar-refractivity contribution in [1.82, 2.24) is 9.55 Å². The summed E-state index contributed by atoms with van der Waals surface area (Å²) in [5, 5.41) is 0. The Morgan fingerprint density at radius 1 is 1.19 bits per heavy atom. The Kier molecular flexibility index (Phi) is 4.27. The van der Waals surface area contributed by atoms with Crippen molar-refractivity contribution >= 4 is 38.6 Å². The molecule has 0 N–H and O–H groups in total. The molecule has 0 fully saturated rings. The van der Waals surface area contributed by atoms with Crippen LogP contribution in [0.25, 0.3) is 11.0 Å². The van der Waals surface area contributed by atoms with Crippen molar-refractivity contribution in [1.29, 1.82) is 0 Å². The minimum Gasteiger partial charge on any atom is -0.327 e. The van der Waals surface area contributed by atoms with E-state index in [9.17, 15) is 4.39 Å². The summed E-state index contributed by atoms with van der Waals surface area (Å²) in [7, 11) is 0. The van der Waals surface area contributed by atoms with Gasteiger partial charge in [-0.25, -0.2) is 9.37 Å². The van der Waals surface area contributed by atoms with E-state index in [1.54, 1.807) is 12.1 Å². The van der Waals surface area contributed by atoms with Gasteiger partial charge in [-0.3, -0.25) is 0 Å². The van der Waals surface area contributed by atoms with Crippen molar-refractivity contribution in [2.45, 2.75) is 18.8 Å². The predicted molar refractivity (Wildman–Crippen MR) is 87.1 cm³/mol. The summed E-state index contributed by atoms with van der Waals surface area (Å²) in [4.78, 5) is 4.55. The Morgan fingerprint density at radius 2 is 2.05 bits per heavy atom. The molecule has 5 heteroatoms. The number of hydrogen-bond acceptors (Lipinski definition) is 1. The quantitative estimate of drug-likeness (QED) is 0.599. The third-order valence-corrected chi connectivity index (χ3v) is 4.15. The summed E-state index contributed by atoms with van der Waals surface area (Å²) in [6.45, 7) is 0.726. The first-order valence-corrected chi connectivity index (χ1v) is 7.95. The summed E-state index contributed by atoms with van der Waals surface area (Å²) in [5.74, 6) is 0.987. The predicted octanol–water partition coefficient (Wildman–Crippen LogP) is 4.92. The highest BCUT2D eigenvalue weighted by atomic mass is 79.9. The highest BCUT2D eigenvalue weighted by molar-refractivity contribution is 9.10. The summed E-state index contributed by atoms with van der Waals surface area (Å²) in [6, 6.07) is 12.7. The van der Waals surface area contributed by atoms with Crippen LogP contribution in [0.2, 0.25) is 0 Å². The molecule has 108 valence electrons. The number of aromatic nitrogens is 2. The molecule has 1 aromatic heterocycles. The maximum absolute atomic E-state index is 13.2. The van der Waals surface area contributed by atoms with Crippen LogP contribution >= 0.6 is 27.5 Å². The fourth-order valence-electron chi connectivity index (χ4n) is 2.44. The molecule has 0 aliphatic heterocycles. The monoisotopic (exact) mass is 366 g/mol. The lowest BCUT2D eigenvalue weighted by Crippen LogP contribution is -2.05. The van der Waals surface area contributed by atoms with Crippen molar-refractivity contribution in [3.05, 3.63) is 64.1 Å². The number of halogens is 3. The molecule has 2 aromatic carbocycles. The maximum atomic E-state index is 13.2. The fraction of sp³-hybridized carbons (Fsp3) is 0.188. The number of hydrogen-bond donors (Lipinski definition) is 0. The number of nitrogens with zero attached hydrogens (tertiary/aromatic N) is 2. The van der Waals surface area contributed by atoms with Gasteiger partial charge in [0.25, 0.3) is 0 Å². The van der Waals surface area contributed by atoms with E-state index in [1.807, 2.05) is 24.3 Å². The van der Waals surface area contributed by atoms with Crippen molar-refractivity contribution in [2.24, 2.45) is 0 Å². The van der Waals surface area contributed by atoms with Gasteiger partial charge in [0, 0.05) is 11.0 Å². The van der Waals surface area contributed by atoms with E-state index < -0.39 is 0 Å². The lowest BCUT2D eigenvalue weighted by Gasteiger charge is -2.08. The number of aryl methyl sites for hydroxylation is 2. The summed E-state index contributed by atoms with van der Waals surface area (Å²) < 4.78 is 16.3. The van der Waals surface area contributed by atoms with Crippen LogP contribution in [-0.2, 0) is 18.8 Å². The van der Waals surface area contributed by atoms with Crippen LogP contribution in [0.3, 0.4) is 0 Å². The van der Waals surface area contributed by atoms with Crippen LogP contribution in [-0.4, -0.2) is 9.55 Å². The van der Waals surface area contributed by atoms with Crippen molar-refractivity contribution in [3.8, 4) is 0 Å². The zero-order valence-corrected chi connectivity index (χ0v) is 13.5. The van der Waals surface area contributed by atoms with Gasteiger partial charge in [-0.05, 0) is 42.3 Å². The van der Waals surface area contributed by atoms with Gasteiger partial charge in [0.15, 0.2) is 0 Å². The van der Waals surface area contributed by atoms with Gasteiger partial charge >= 0.3 is 0 Å². The molecule has 3 aromatic rings. The van der Waals surface area contributed by atoms with Crippen molar-refractivity contribution in [3.63, 3.8) is 0 Å². The lowest BCUT2D eigenvalue weighted by atomic mass is 10.1. The number of imidazole rings is 1. The van der Waals surface area contributed by atoms with Gasteiger partial charge in [0.05, 0.1) is 16.9 Å². The second-order valence-corrected chi connectivity index (χ2v) is 6.01. The van der Waals surface area contributed by atoms with Gasteiger partial charge in [-0.2, -0.15) is 0 Å². The molecule has 0 bridgehead atoms. The molecule has 0 spiro atoms. The van der Waals surface area contributed by atoms with Crippen LogP contribution in [0.15, 0.2) is 46.9 Å². The van der Waals surface area contributed by atoms with Crippen LogP contribution < -0.4 is 0 Å². The molecule has 0 atom stereocenters.